The molecule has 0 aromatic carbocycles. The number of aromatic nitrogens is 3. The largest absolute Gasteiger partial charge is 0.352 e. The van der Waals surface area contributed by atoms with Gasteiger partial charge in [0.25, 0.3) is 5.91 Å². The van der Waals surface area contributed by atoms with Gasteiger partial charge in [0.05, 0.1) is 10.6 Å². The van der Waals surface area contributed by atoms with E-state index in [-0.39, 0.29) is 16.1 Å². The molecule has 0 fully saturated rings. The Morgan fingerprint density at radius 2 is 2.26 bits per heavy atom. The molecule has 0 bridgehead atoms. The summed E-state index contributed by atoms with van der Waals surface area (Å²) in [6.07, 6.45) is 5.80. The number of carbonyl (C=O) groups is 1. The Balaban J connectivity index is 1.79. The second kappa shape index (κ2) is 6.54. The Labute approximate surface area is 120 Å². The molecule has 1 N–H and O–H groups in total. The molecule has 1 amide bonds. The molecule has 7 heteroatoms. The minimum absolute atomic E-state index is 0.192. The number of hydrogen-bond acceptors (Lipinski definition) is 3. The smallest absolute Gasteiger partial charge is 0.252 e. The summed E-state index contributed by atoms with van der Waals surface area (Å²) >= 11 is 11.5. The Bertz CT molecular complexity index is 557. The first-order valence-corrected chi connectivity index (χ1v) is 6.49. The van der Waals surface area contributed by atoms with Crippen molar-refractivity contribution in [2.45, 2.75) is 13.0 Å². The molecule has 100 valence electrons. The average molecular weight is 299 g/mol. The number of rotatable bonds is 5. The lowest BCUT2D eigenvalue weighted by Crippen LogP contribution is -2.25. The van der Waals surface area contributed by atoms with Gasteiger partial charge in [-0.05, 0) is 18.6 Å². The summed E-state index contributed by atoms with van der Waals surface area (Å²) in [6, 6.07) is 3.36. The van der Waals surface area contributed by atoms with Crippen LogP contribution in [-0.4, -0.2) is 27.2 Å². The van der Waals surface area contributed by atoms with Gasteiger partial charge in [-0.15, -0.1) is 0 Å². The minimum atomic E-state index is -0.216. The second-order valence-corrected chi connectivity index (χ2v) is 4.64. The zero-order valence-corrected chi connectivity index (χ0v) is 11.5. The third kappa shape index (κ3) is 3.94. The number of hydrogen-bond donors (Lipinski definition) is 1. The molecule has 0 spiro atoms. The van der Waals surface area contributed by atoms with Crippen LogP contribution >= 0.6 is 23.2 Å². The van der Waals surface area contributed by atoms with E-state index in [1.165, 1.54) is 12.3 Å². The fourth-order valence-corrected chi connectivity index (χ4v) is 1.79. The molecule has 0 radical (unpaired) electrons. The average Bonchev–Trinajstić information content (AvgIpc) is 2.91. The summed E-state index contributed by atoms with van der Waals surface area (Å²) in [7, 11) is 0. The zero-order chi connectivity index (χ0) is 13.7. The maximum Gasteiger partial charge on any atom is 0.252 e. The van der Waals surface area contributed by atoms with Crippen LogP contribution in [0.1, 0.15) is 16.8 Å². The van der Waals surface area contributed by atoms with Crippen LogP contribution in [0.5, 0.6) is 0 Å². The second-order valence-electron chi connectivity index (χ2n) is 3.88. The molecule has 0 saturated carbocycles. The summed E-state index contributed by atoms with van der Waals surface area (Å²) in [5.74, 6) is -0.216. The number of aryl methyl sites for hydroxylation is 1. The van der Waals surface area contributed by atoms with Gasteiger partial charge in [0.2, 0.25) is 0 Å². The summed E-state index contributed by atoms with van der Waals surface area (Å²) in [5, 5.41) is 7.32. The third-order valence-corrected chi connectivity index (χ3v) is 3.15. The molecule has 2 aromatic heterocycles. The first kappa shape index (κ1) is 13.8. The van der Waals surface area contributed by atoms with Gasteiger partial charge >= 0.3 is 0 Å². The number of amides is 1. The first-order valence-electron chi connectivity index (χ1n) is 5.73. The molecule has 5 nitrogen and oxygen atoms in total. The van der Waals surface area contributed by atoms with Crippen molar-refractivity contribution in [1.82, 2.24) is 20.1 Å². The standard InChI is InChI=1S/C12H12Cl2N4O/c13-10-7-9(8-16-11(10)14)12(19)15-3-1-5-18-6-2-4-17-18/h2,4,6-8H,1,3,5H2,(H,15,19). The van der Waals surface area contributed by atoms with Crippen molar-refractivity contribution in [2.24, 2.45) is 0 Å². The lowest BCUT2D eigenvalue weighted by molar-refractivity contribution is 0.0952. The van der Waals surface area contributed by atoms with Gasteiger partial charge in [0.1, 0.15) is 5.15 Å². The molecule has 2 rings (SSSR count). The van der Waals surface area contributed by atoms with Gasteiger partial charge in [-0.25, -0.2) is 4.98 Å². The van der Waals surface area contributed by atoms with Gasteiger partial charge in [0, 0.05) is 31.7 Å². The van der Waals surface area contributed by atoms with E-state index in [2.05, 4.69) is 15.4 Å². The van der Waals surface area contributed by atoms with Gasteiger partial charge in [-0.1, -0.05) is 23.2 Å². The molecule has 0 aliphatic rings. The van der Waals surface area contributed by atoms with E-state index >= 15 is 0 Å². The van der Waals surface area contributed by atoms with Crippen molar-refractivity contribution in [3.63, 3.8) is 0 Å². The molecule has 0 aliphatic carbocycles. The molecule has 0 saturated heterocycles. The van der Waals surface area contributed by atoms with Crippen molar-refractivity contribution < 1.29 is 4.79 Å². The SMILES string of the molecule is O=C(NCCCn1cccn1)c1cnc(Cl)c(Cl)c1. The van der Waals surface area contributed by atoms with E-state index in [9.17, 15) is 4.79 Å². The highest BCUT2D eigenvalue weighted by Gasteiger charge is 2.08. The third-order valence-electron chi connectivity index (χ3n) is 2.47. The molecule has 2 heterocycles. The van der Waals surface area contributed by atoms with Crippen LogP contribution in [0.2, 0.25) is 10.2 Å². The van der Waals surface area contributed by atoms with Crippen LogP contribution < -0.4 is 5.32 Å². The lowest BCUT2D eigenvalue weighted by Gasteiger charge is -2.06. The highest BCUT2D eigenvalue weighted by Crippen LogP contribution is 2.19. The van der Waals surface area contributed by atoms with Crippen molar-refractivity contribution in [1.29, 1.82) is 0 Å². The van der Waals surface area contributed by atoms with Crippen LogP contribution in [0.4, 0.5) is 0 Å². The van der Waals surface area contributed by atoms with Crippen LogP contribution in [-0.2, 0) is 6.54 Å². The predicted molar refractivity (Wildman–Crippen MR) is 73.4 cm³/mol. The topological polar surface area (TPSA) is 59.8 Å². The predicted octanol–water partition coefficient (Wildman–Crippen LogP) is 2.41. The molecular formula is C12H12Cl2N4O. The van der Waals surface area contributed by atoms with E-state index in [0.29, 0.717) is 12.1 Å². The number of nitrogens with zero attached hydrogens (tertiary/aromatic N) is 3. The Hall–Kier alpha value is -1.59. The van der Waals surface area contributed by atoms with Crippen LogP contribution in [0.15, 0.2) is 30.7 Å². The summed E-state index contributed by atoms with van der Waals surface area (Å²) in [5.41, 5.74) is 0.397. The molecule has 19 heavy (non-hydrogen) atoms. The monoisotopic (exact) mass is 298 g/mol. The van der Waals surface area contributed by atoms with Crippen LogP contribution in [0.25, 0.3) is 0 Å². The number of nitrogens with one attached hydrogen (secondary N) is 1. The molecule has 0 aliphatic heterocycles. The van der Waals surface area contributed by atoms with Gasteiger partial charge in [-0.2, -0.15) is 5.10 Å². The van der Waals surface area contributed by atoms with E-state index in [4.69, 9.17) is 23.2 Å². The van der Waals surface area contributed by atoms with Crippen molar-refractivity contribution in [2.75, 3.05) is 6.54 Å². The van der Waals surface area contributed by atoms with Crippen molar-refractivity contribution in [3.8, 4) is 0 Å². The molecule has 2 aromatic rings. The van der Waals surface area contributed by atoms with E-state index in [1.807, 2.05) is 16.9 Å². The highest BCUT2D eigenvalue weighted by molar-refractivity contribution is 6.41. The van der Waals surface area contributed by atoms with E-state index in [1.54, 1.807) is 6.20 Å². The fourth-order valence-electron chi connectivity index (χ4n) is 1.52. The Morgan fingerprint density at radius 3 is 2.95 bits per heavy atom. The number of halogens is 2. The molecular weight excluding hydrogens is 287 g/mol. The van der Waals surface area contributed by atoms with E-state index < -0.39 is 0 Å². The zero-order valence-electron chi connectivity index (χ0n) is 10.0. The van der Waals surface area contributed by atoms with Gasteiger partial charge < -0.3 is 5.32 Å². The molecule has 0 unspecified atom stereocenters. The molecule has 0 atom stereocenters. The van der Waals surface area contributed by atoms with Crippen molar-refractivity contribution >= 4 is 29.1 Å². The maximum absolute atomic E-state index is 11.8. The fraction of sp³-hybridized carbons (Fsp3) is 0.250. The quantitative estimate of drug-likeness (QED) is 0.681. The summed E-state index contributed by atoms with van der Waals surface area (Å²) in [4.78, 5) is 15.6. The minimum Gasteiger partial charge on any atom is -0.352 e. The van der Waals surface area contributed by atoms with Gasteiger partial charge in [-0.3, -0.25) is 9.48 Å². The Morgan fingerprint density at radius 1 is 1.42 bits per heavy atom. The van der Waals surface area contributed by atoms with Crippen LogP contribution in [0, 0.1) is 0 Å². The lowest BCUT2D eigenvalue weighted by atomic mass is 10.2. The number of pyridine rings is 1. The normalized spacial score (nSPS) is 10.4. The highest BCUT2D eigenvalue weighted by atomic mass is 35.5. The van der Waals surface area contributed by atoms with E-state index in [0.717, 1.165) is 13.0 Å². The van der Waals surface area contributed by atoms with Crippen molar-refractivity contribution in [3.05, 3.63) is 46.5 Å². The van der Waals surface area contributed by atoms with Gasteiger partial charge in [0.15, 0.2) is 0 Å². The number of carbonyl (C=O) groups excluding carboxylic acids is 1. The Kier molecular flexibility index (Phi) is 4.76. The maximum atomic E-state index is 11.8. The summed E-state index contributed by atoms with van der Waals surface area (Å²) < 4.78 is 1.81. The first-order chi connectivity index (χ1) is 9.16. The van der Waals surface area contributed by atoms with Crippen LogP contribution in [0.3, 0.4) is 0 Å². The summed E-state index contributed by atoms with van der Waals surface area (Å²) in [6.45, 7) is 1.31.